The fourth-order valence-corrected chi connectivity index (χ4v) is 3.09. The number of carbonyl (C=O) groups excluding carboxylic acids is 1. The molecule has 0 unspecified atom stereocenters. The van der Waals surface area contributed by atoms with Crippen molar-refractivity contribution in [3.05, 3.63) is 59.7 Å². The molecule has 4 nitrogen and oxygen atoms in total. The summed E-state index contributed by atoms with van der Waals surface area (Å²) in [6.07, 6.45) is 0. The summed E-state index contributed by atoms with van der Waals surface area (Å²) in [5, 5.41) is 0. The van der Waals surface area contributed by atoms with Crippen molar-refractivity contribution in [2.75, 3.05) is 44.7 Å². The Balaban J connectivity index is 1.83. The number of amides is 1. The van der Waals surface area contributed by atoms with Gasteiger partial charge in [-0.1, -0.05) is 35.4 Å². The summed E-state index contributed by atoms with van der Waals surface area (Å²) in [4.78, 5) is 19.5. The Hall–Kier alpha value is -2.17. The molecule has 0 spiro atoms. The van der Waals surface area contributed by atoms with Crippen molar-refractivity contribution in [1.82, 2.24) is 9.80 Å². The van der Waals surface area contributed by atoms with Crippen LogP contribution in [0.15, 0.2) is 48.5 Å². The third-order valence-electron chi connectivity index (χ3n) is 4.79. The number of anilines is 2. The predicted molar refractivity (Wildman–Crippen MR) is 103 cm³/mol. The standard InChI is InChI=1S/C21H27N3O/c1-17-4-8-19(9-5-17)24(20-10-6-18(2)7-11-20)21(25)16-23-14-12-22(3)13-15-23/h4-11H,12-16H2,1-3H3. The highest BCUT2D eigenvalue weighted by Crippen LogP contribution is 2.26. The summed E-state index contributed by atoms with van der Waals surface area (Å²) < 4.78 is 0. The van der Waals surface area contributed by atoms with Gasteiger partial charge in [0, 0.05) is 37.6 Å². The average molecular weight is 337 g/mol. The third-order valence-corrected chi connectivity index (χ3v) is 4.79. The molecule has 0 N–H and O–H groups in total. The van der Waals surface area contributed by atoms with Crippen LogP contribution in [0.25, 0.3) is 0 Å². The minimum atomic E-state index is 0.122. The van der Waals surface area contributed by atoms with Crippen molar-refractivity contribution in [2.45, 2.75) is 13.8 Å². The first kappa shape index (κ1) is 17.6. The maximum absolute atomic E-state index is 13.1. The normalized spacial score (nSPS) is 16.0. The highest BCUT2D eigenvalue weighted by molar-refractivity contribution is 6.01. The smallest absolute Gasteiger partial charge is 0.245 e. The van der Waals surface area contributed by atoms with Gasteiger partial charge in [0.2, 0.25) is 5.91 Å². The number of nitrogens with zero attached hydrogens (tertiary/aromatic N) is 3. The summed E-state index contributed by atoms with van der Waals surface area (Å²) in [5.74, 6) is 0.122. The Morgan fingerprint density at radius 2 is 1.28 bits per heavy atom. The molecule has 0 aromatic heterocycles. The molecule has 1 saturated heterocycles. The second-order valence-electron chi connectivity index (χ2n) is 6.98. The van der Waals surface area contributed by atoms with Crippen LogP contribution in [-0.2, 0) is 4.79 Å². The molecule has 1 heterocycles. The molecule has 0 saturated carbocycles. The fraction of sp³-hybridized carbons (Fsp3) is 0.381. The van der Waals surface area contributed by atoms with E-state index in [0.29, 0.717) is 6.54 Å². The molecule has 1 aliphatic heterocycles. The van der Waals surface area contributed by atoms with Gasteiger partial charge >= 0.3 is 0 Å². The van der Waals surface area contributed by atoms with Crippen LogP contribution < -0.4 is 4.90 Å². The lowest BCUT2D eigenvalue weighted by molar-refractivity contribution is -0.119. The minimum Gasteiger partial charge on any atom is -0.304 e. The number of rotatable bonds is 4. The highest BCUT2D eigenvalue weighted by Gasteiger charge is 2.22. The predicted octanol–water partition coefficient (Wildman–Crippen LogP) is 3.22. The van der Waals surface area contributed by atoms with Crippen molar-refractivity contribution in [3.8, 4) is 0 Å². The molecule has 0 atom stereocenters. The maximum atomic E-state index is 13.1. The van der Waals surface area contributed by atoms with E-state index in [1.165, 1.54) is 11.1 Å². The van der Waals surface area contributed by atoms with Crippen molar-refractivity contribution in [3.63, 3.8) is 0 Å². The maximum Gasteiger partial charge on any atom is 0.245 e. The number of aryl methyl sites for hydroxylation is 2. The average Bonchev–Trinajstić information content (AvgIpc) is 2.60. The lowest BCUT2D eigenvalue weighted by Gasteiger charge is -2.33. The lowest BCUT2D eigenvalue weighted by atomic mass is 10.1. The van der Waals surface area contributed by atoms with Crippen molar-refractivity contribution in [2.24, 2.45) is 0 Å². The van der Waals surface area contributed by atoms with Gasteiger partial charge in [-0.2, -0.15) is 0 Å². The van der Waals surface area contributed by atoms with Crippen LogP contribution in [0.5, 0.6) is 0 Å². The number of carbonyl (C=O) groups is 1. The first-order valence-corrected chi connectivity index (χ1v) is 8.90. The molecular weight excluding hydrogens is 310 g/mol. The molecule has 1 amide bonds. The summed E-state index contributed by atoms with van der Waals surface area (Å²) >= 11 is 0. The highest BCUT2D eigenvalue weighted by atomic mass is 16.2. The summed E-state index contributed by atoms with van der Waals surface area (Å²) in [6.45, 7) is 8.49. The number of benzene rings is 2. The molecule has 0 radical (unpaired) electrons. The lowest BCUT2D eigenvalue weighted by Crippen LogP contribution is -2.48. The second kappa shape index (κ2) is 7.81. The van der Waals surface area contributed by atoms with E-state index >= 15 is 0 Å². The topological polar surface area (TPSA) is 26.8 Å². The van der Waals surface area contributed by atoms with Crippen molar-refractivity contribution in [1.29, 1.82) is 0 Å². The second-order valence-corrected chi connectivity index (χ2v) is 6.98. The molecule has 2 aromatic carbocycles. The van der Waals surface area contributed by atoms with Crippen LogP contribution in [0.3, 0.4) is 0 Å². The van der Waals surface area contributed by atoms with E-state index in [2.05, 4.69) is 55.0 Å². The zero-order valence-electron chi connectivity index (χ0n) is 15.4. The SMILES string of the molecule is Cc1ccc(N(C(=O)CN2CCN(C)CC2)c2ccc(C)cc2)cc1. The Kier molecular flexibility index (Phi) is 5.51. The monoisotopic (exact) mass is 337 g/mol. The molecule has 25 heavy (non-hydrogen) atoms. The zero-order valence-corrected chi connectivity index (χ0v) is 15.4. The minimum absolute atomic E-state index is 0.122. The molecule has 1 aliphatic rings. The van der Waals surface area contributed by atoms with E-state index in [9.17, 15) is 4.79 Å². The number of hydrogen-bond donors (Lipinski definition) is 0. The van der Waals surface area contributed by atoms with E-state index < -0.39 is 0 Å². The van der Waals surface area contributed by atoms with E-state index in [-0.39, 0.29) is 5.91 Å². The first-order chi connectivity index (χ1) is 12.0. The largest absolute Gasteiger partial charge is 0.304 e. The van der Waals surface area contributed by atoms with Crippen LogP contribution in [0.1, 0.15) is 11.1 Å². The fourth-order valence-electron chi connectivity index (χ4n) is 3.09. The van der Waals surface area contributed by atoms with Crippen molar-refractivity contribution >= 4 is 17.3 Å². The Morgan fingerprint density at radius 1 is 0.840 bits per heavy atom. The van der Waals surface area contributed by atoms with Gasteiger partial charge in [0.25, 0.3) is 0 Å². The van der Waals surface area contributed by atoms with E-state index in [4.69, 9.17) is 0 Å². The first-order valence-electron chi connectivity index (χ1n) is 8.90. The zero-order chi connectivity index (χ0) is 17.8. The van der Waals surface area contributed by atoms with E-state index in [0.717, 1.165) is 37.6 Å². The molecule has 1 fully saturated rings. The number of hydrogen-bond acceptors (Lipinski definition) is 3. The molecule has 3 rings (SSSR count). The molecular formula is C21H27N3O. The molecule has 4 heteroatoms. The Labute approximate surface area is 150 Å². The summed E-state index contributed by atoms with van der Waals surface area (Å²) in [7, 11) is 2.13. The van der Waals surface area contributed by atoms with Gasteiger partial charge in [0.15, 0.2) is 0 Å². The van der Waals surface area contributed by atoms with E-state index in [1.807, 2.05) is 29.2 Å². The van der Waals surface area contributed by atoms with Gasteiger partial charge in [-0.25, -0.2) is 0 Å². The van der Waals surface area contributed by atoms with Crippen LogP contribution in [-0.4, -0.2) is 55.5 Å². The van der Waals surface area contributed by atoms with Gasteiger partial charge in [-0.15, -0.1) is 0 Å². The number of piperazine rings is 1. The van der Waals surface area contributed by atoms with Gasteiger partial charge < -0.3 is 4.90 Å². The van der Waals surface area contributed by atoms with Crippen LogP contribution in [0, 0.1) is 13.8 Å². The van der Waals surface area contributed by atoms with Gasteiger partial charge in [-0.05, 0) is 45.2 Å². The summed E-state index contributed by atoms with van der Waals surface area (Å²) in [5.41, 5.74) is 4.24. The third kappa shape index (κ3) is 4.47. The van der Waals surface area contributed by atoms with Gasteiger partial charge in [0.1, 0.15) is 0 Å². The quantitative estimate of drug-likeness (QED) is 0.857. The Bertz CT molecular complexity index is 655. The number of likely N-dealkylation sites (N-methyl/N-ethyl adjacent to an activating group) is 1. The molecule has 0 bridgehead atoms. The van der Waals surface area contributed by atoms with Crippen LogP contribution >= 0.6 is 0 Å². The van der Waals surface area contributed by atoms with E-state index in [1.54, 1.807) is 0 Å². The van der Waals surface area contributed by atoms with Gasteiger partial charge in [-0.3, -0.25) is 14.6 Å². The summed E-state index contributed by atoms with van der Waals surface area (Å²) in [6, 6.07) is 16.3. The Morgan fingerprint density at radius 3 is 1.72 bits per heavy atom. The van der Waals surface area contributed by atoms with Crippen molar-refractivity contribution < 1.29 is 4.79 Å². The van der Waals surface area contributed by atoms with Gasteiger partial charge in [0.05, 0.1) is 6.54 Å². The van der Waals surface area contributed by atoms with Crippen LogP contribution in [0.4, 0.5) is 11.4 Å². The molecule has 132 valence electrons. The molecule has 0 aliphatic carbocycles. The molecule has 2 aromatic rings. The van der Waals surface area contributed by atoms with Crippen LogP contribution in [0.2, 0.25) is 0 Å².